The predicted octanol–water partition coefficient (Wildman–Crippen LogP) is 6.56. The molecule has 1 heterocycles. The van der Waals surface area contributed by atoms with E-state index in [2.05, 4.69) is 61.8 Å². The molecule has 2 N–H and O–H groups in total. The van der Waals surface area contributed by atoms with Crippen molar-refractivity contribution in [1.29, 1.82) is 0 Å². The van der Waals surface area contributed by atoms with Crippen LogP contribution in [0.5, 0.6) is 0 Å². The van der Waals surface area contributed by atoms with Gasteiger partial charge in [0.15, 0.2) is 0 Å². The molecule has 1 saturated heterocycles. The molecule has 3 heteroatoms. The molecule has 0 aromatic carbocycles. The summed E-state index contributed by atoms with van der Waals surface area (Å²) in [5.41, 5.74) is -0.0348. The maximum absolute atomic E-state index is 11.9. The molecule has 10 atom stereocenters. The van der Waals surface area contributed by atoms with Crippen LogP contribution in [0, 0.1) is 51.8 Å². The Labute approximate surface area is 203 Å². The van der Waals surface area contributed by atoms with Crippen molar-refractivity contribution in [2.75, 3.05) is 0 Å². The first-order valence-corrected chi connectivity index (χ1v) is 14.0. The maximum Gasteiger partial charge on any atom is 0.0693 e. The molecular weight excluding hydrogens is 408 g/mol. The van der Waals surface area contributed by atoms with Crippen LogP contribution in [-0.2, 0) is 4.74 Å². The molecular formula is C30H51O3. The van der Waals surface area contributed by atoms with Gasteiger partial charge in [-0.1, -0.05) is 34.6 Å². The normalized spacial score (nSPS) is 57.6. The number of aliphatic hydroxyl groups excluding tert-OH is 2. The number of ether oxygens (including phenoxy) is 1. The first-order valence-electron chi connectivity index (χ1n) is 14.0. The lowest BCUT2D eigenvalue weighted by Gasteiger charge is -2.71. The summed E-state index contributed by atoms with van der Waals surface area (Å²) >= 11 is 0. The van der Waals surface area contributed by atoms with Gasteiger partial charge in [-0.05, 0) is 130 Å². The molecule has 1 radical (unpaired) electrons. The summed E-state index contributed by atoms with van der Waals surface area (Å²) in [7, 11) is 0. The second-order valence-electron chi connectivity index (χ2n) is 15.2. The number of hydrogen-bond donors (Lipinski definition) is 2. The number of rotatable bonds is 1. The van der Waals surface area contributed by atoms with E-state index in [-0.39, 0.29) is 56.9 Å². The molecule has 4 aliphatic carbocycles. The summed E-state index contributed by atoms with van der Waals surface area (Å²) in [4.78, 5) is 0. The van der Waals surface area contributed by atoms with Crippen molar-refractivity contribution in [2.24, 2.45) is 45.3 Å². The molecule has 10 unspecified atom stereocenters. The van der Waals surface area contributed by atoms with Gasteiger partial charge in [0.05, 0.1) is 23.4 Å². The SMILES string of the molecule is CC1(C)CCCC(C)(C2CCC3(C)C2C(O)CC2C4(C)CC[CH]C(C)(C)C4C(O)CC23C)O1. The number of aliphatic hydroxyl groups is 2. The Bertz CT molecular complexity index is 789. The summed E-state index contributed by atoms with van der Waals surface area (Å²) in [6, 6.07) is 0. The minimum Gasteiger partial charge on any atom is -0.393 e. The van der Waals surface area contributed by atoms with Crippen LogP contribution >= 0.6 is 0 Å². The molecule has 1 aliphatic heterocycles. The average Bonchev–Trinajstić information content (AvgIpc) is 3.03. The predicted molar refractivity (Wildman–Crippen MR) is 133 cm³/mol. The highest BCUT2D eigenvalue weighted by atomic mass is 16.5. The van der Waals surface area contributed by atoms with Crippen molar-refractivity contribution in [1.82, 2.24) is 0 Å². The van der Waals surface area contributed by atoms with Gasteiger partial charge in [-0.15, -0.1) is 0 Å². The van der Waals surface area contributed by atoms with E-state index in [9.17, 15) is 10.2 Å². The topological polar surface area (TPSA) is 49.7 Å². The lowest BCUT2D eigenvalue weighted by Crippen LogP contribution is -2.68. The van der Waals surface area contributed by atoms with Crippen LogP contribution in [0.3, 0.4) is 0 Å². The van der Waals surface area contributed by atoms with E-state index in [4.69, 9.17) is 4.74 Å². The highest BCUT2D eigenvalue weighted by Crippen LogP contribution is 2.76. The van der Waals surface area contributed by atoms with Crippen molar-refractivity contribution >= 4 is 0 Å². The highest BCUT2D eigenvalue weighted by Gasteiger charge is 2.72. The van der Waals surface area contributed by atoms with Crippen molar-refractivity contribution in [3.05, 3.63) is 6.42 Å². The molecule has 3 nitrogen and oxygen atoms in total. The van der Waals surface area contributed by atoms with Crippen molar-refractivity contribution in [2.45, 2.75) is 137 Å². The van der Waals surface area contributed by atoms with Gasteiger partial charge in [-0.25, -0.2) is 0 Å². The third kappa shape index (κ3) is 3.23. The molecule has 0 amide bonds. The van der Waals surface area contributed by atoms with Crippen LogP contribution in [0.15, 0.2) is 0 Å². The third-order valence-electron chi connectivity index (χ3n) is 12.5. The Morgan fingerprint density at radius 1 is 0.818 bits per heavy atom. The van der Waals surface area contributed by atoms with Gasteiger partial charge in [-0.2, -0.15) is 0 Å². The van der Waals surface area contributed by atoms with Gasteiger partial charge in [-0.3, -0.25) is 0 Å². The van der Waals surface area contributed by atoms with Gasteiger partial charge >= 0.3 is 0 Å². The van der Waals surface area contributed by atoms with Crippen LogP contribution in [0.1, 0.15) is 113 Å². The fourth-order valence-corrected chi connectivity index (χ4v) is 11.3. The zero-order valence-corrected chi connectivity index (χ0v) is 22.7. The van der Waals surface area contributed by atoms with Crippen LogP contribution in [0.4, 0.5) is 0 Å². The van der Waals surface area contributed by atoms with E-state index in [1.807, 2.05) is 0 Å². The first kappa shape index (κ1) is 24.6. The van der Waals surface area contributed by atoms with Crippen molar-refractivity contribution in [3.63, 3.8) is 0 Å². The Balaban J connectivity index is 1.54. The van der Waals surface area contributed by atoms with Crippen LogP contribution in [-0.4, -0.2) is 33.6 Å². The standard InChI is InChI=1S/C30H51O3/c1-25(2)12-9-14-27(5)22-17-20(31)23-19(30(8)15-10-13-26(3,4)33-30)11-16-28(23,6)29(22,7)18-21(32)24(25)27/h12,19-24,31-32H,9-11,13-18H2,1-8H3. The molecule has 0 spiro atoms. The quantitative estimate of drug-likeness (QED) is 0.467. The summed E-state index contributed by atoms with van der Waals surface area (Å²) in [6.45, 7) is 19.0. The van der Waals surface area contributed by atoms with Crippen LogP contribution in [0.25, 0.3) is 0 Å². The van der Waals surface area contributed by atoms with E-state index in [1.54, 1.807) is 0 Å². The molecule has 5 aliphatic rings. The summed E-state index contributed by atoms with van der Waals surface area (Å²) in [5.74, 6) is 1.39. The molecule has 33 heavy (non-hydrogen) atoms. The molecule has 0 bridgehead atoms. The summed E-state index contributed by atoms with van der Waals surface area (Å²) < 4.78 is 6.85. The van der Waals surface area contributed by atoms with Gasteiger partial charge in [0.25, 0.3) is 0 Å². The van der Waals surface area contributed by atoms with E-state index in [1.165, 1.54) is 6.42 Å². The molecule has 5 fully saturated rings. The number of hydrogen-bond acceptors (Lipinski definition) is 3. The second kappa shape index (κ2) is 7.22. The lowest BCUT2D eigenvalue weighted by molar-refractivity contribution is -0.265. The largest absolute Gasteiger partial charge is 0.393 e. The second-order valence-corrected chi connectivity index (χ2v) is 15.2. The average molecular weight is 460 g/mol. The van der Waals surface area contributed by atoms with Gasteiger partial charge < -0.3 is 14.9 Å². The highest BCUT2D eigenvalue weighted by molar-refractivity contribution is 5.22. The fourth-order valence-electron chi connectivity index (χ4n) is 11.3. The van der Waals surface area contributed by atoms with Crippen molar-refractivity contribution < 1.29 is 14.9 Å². The first-order chi connectivity index (χ1) is 15.1. The minimum absolute atomic E-state index is 0.0359. The van der Waals surface area contributed by atoms with E-state index < -0.39 is 0 Å². The van der Waals surface area contributed by atoms with Crippen LogP contribution < -0.4 is 0 Å². The van der Waals surface area contributed by atoms with Gasteiger partial charge in [0.1, 0.15) is 0 Å². The zero-order chi connectivity index (χ0) is 24.2. The summed E-state index contributed by atoms with van der Waals surface area (Å²) in [5, 5.41) is 23.7. The Morgan fingerprint density at radius 2 is 1.52 bits per heavy atom. The number of fused-ring (bicyclic) bond motifs is 5. The van der Waals surface area contributed by atoms with Gasteiger partial charge in [0.2, 0.25) is 0 Å². The molecule has 0 aromatic heterocycles. The van der Waals surface area contributed by atoms with Crippen molar-refractivity contribution in [3.8, 4) is 0 Å². The molecule has 5 rings (SSSR count). The molecule has 4 saturated carbocycles. The van der Waals surface area contributed by atoms with E-state index in [0.717, 1.165) is 51.4 Å². The molecule has 0 aromatic rings. The van der Waals surface area contributed by atoms with E-state index in [0.29, 0.717) is 11.8 Å². The minimum atomic E-state index is -0.271. The Kier molecular flexibility index (Phi) is 5.38. The third-order valence-corrected chi connectivity index (χ3v) is 12.5. The lowest BCUT2D eigenvalue weighted by atomic mass is 9.34. The fraction of sp³-hybridized carbons (Fsp3) is 0.967. The Hall–Kier alpha value is -0.120. The Morgan fingerprint density at radius 3 is 2.18 bits per heavy atom. The monoisotopic (exact) mass is 459 g/mol. The van der Waals surface area contributed by atoms with Gasteiger partial charge in [0, 0.05) is 0 Å². The van der Waals surface area contributed by atoms with E-state index >= 15 is 0 Å². The zero-order valence-electron chi connectivity index (χ0n) is 22.7. The van der Waals surface area contributed by atoms with Crippen LogP contribution in [0.2, 0.25) is 0 Å². The maximum atomic E-state index is 11.9. The smallest absolute Gasteiger partial charge is 0.0693 e. The molecule has 189 valence electrons. The summed E-state index contributed by atoms with van der Waals surface area (Å²) in [6.07, 6.45) is 11.7.